The Hall–Kier alpha value is -3.61. The summed E-state index contributed by atoms with van der Waals surface area (Å²) in [7, 11) is 2.85. The molecule has 0 spiro atoms. The van der Waals surface area contributed by atoms with Gasteiger partial charge in [0.2, 0.25) is 5.82 Å². The van der Waals surface area contributed by atoms with Gasteiger partial charge in [-0.1, -0.05) is 30.3 Å². The van der Waals surface area contributed by atoms with Crippen LogP contribution in [0.2, 0.25) is 0 Å². The average molecular weight is 351 g/mol. The number of esters is 1. The lowest BCUT2D eigenvalue weighted by atomic mass is 10.0. The molecular weight excluding hydrogens is 334 g/mol. The van der Waals surface area contributed by atoms with Crippen molar-refractivity contribution in [1.29, 1.82) is 0 Å². The number of carbonyl (C=O) groups is 2. The molecule has 0 bridgehead atoms. The molecule has 1 heterocycles. The van der Waals surface area contributed by atoms with E-state index in [2.05, 4.69) is 9.72 Å². The van der Waals surface area contributed by atoms with Crippen LogP contribution in [0.1, 0.15) is 21.1 Å². The Bertz CT molecular complexity index is 978. The molecule has 2 aromatic carbocycles. The first-order valence-corrected chi connectivity index (χ1v) is 7.76. The van der Waals surface area contributed by atoms with Crippen molar-refractivity contribution in [3.05, 3.63) is 66.2 Å². The molecule has 26 heavy (non-hydrogen) atoms. The van der Waals surface area contributed by atoms with E-state index in [-0.39, 0.29) is 11.5 Å². The van der Waals surface area contributed by atoms with Gasteiger partial charge in [-0.05, 0) is 23.8 Å². The zero-order valence-electron chi connectivity index (χ0n) is 14.3. The van der Waals surface area contributed by atoms with Gasteiger partial charge in [-0.3, -0.25) is 9.36 Å². The van der Waals surface area contributed by atoms with Crippen LogP contribution in [0.25, 0.3) is 16.8 Å². The van der Waals surface area contributed by atoms with Gasteiger partial charge in [0.05, 0.1) is 14.2 Å². The molecule has 0 saturated heterocycles. The van der Waals surface area contributed by atoms with E-state index < -0.39 is 11.9 Å². The van der Waals surface area contributed by atoms with E-state index in [0.717, 1.165) is 16.9 Å². The van der Waals surface area contributed by atoms with Gasteiger partial charge in [-0.15, -0.1) is 0 Å². The highest BCUT2D eigenvalue weighted by Gasteiger charge is 2.19. The quantitative estimate of drug-likeness (QED) is 0.712. The summed E-state index contributed by atoms with van der Waals surface area (Å²) in [5, 5.41) is 0. The highest BCUT2D eigenvalue weighted by Crippen LogP contribution is 2.31. The maximum Gasteiger partial charge on any atom is 0.358 e. The highest BCUT2D eigenvalue weighted by atomic mass is 16.5. The fourth-order valence-corrected chi connectivity index (χ4v) is 2.66. The molecule has 1 aromatic heterocycles. The van der Waals surface area contributed by atoms with Crippen molar-refractivity contribution in [3.63, 3.8) is 0 Å². The van der Waals surface area contributed by atoms with Crippen LogP contribution in [0.3, 0.4) is 0 Å². The second-order valence-corrected chi connectivity index (χ2v) is 5.43. The Morgan fingerprint density at radius 3 is 2.54 bits per heavy atom. The molecule has 7 nitrogen and oxygen atoms in total. The van der Waals surface area contributed by atoms with Gasteiger partial charge in [0.1, 0.15) is 5.75 Å². The first-order chi connectivity index (χ1) is 12.5. The van der Waals surface area contributed by atoms with Crippen molar-refractivity contribution in [2.75, 3.05) is 14.2 Å². The lowest BCUT2D eigenvalue weighted by Gasteiger charge is -2.11. The minimum Gasteiger partial charge on any atom is -0.496 e. The van der Waals surface area contributed by atoms with Crippen molar-refractivity contribution in [1.82, 2.24) is 9.55 Å². The zero-order valence-corrected chi connectivity index (χ0v) is 14.3. The molecule has 0 radical (unpaired) electrons. The van der Waals surface area contributed by atoms with Gasteiger partial charge in [0.15, 0.2) is 5.69 Å². The van der Waals surface area contributed by atoms with E-state index in [9.17, 15) is 9.59 Å². The van der Waals surface area contributed by atoms with Gasteiger partial charge < -0.3 is 15.2 Å². The number of hydrogen-bond donors (Lipinski definition) is 1. The fraction of sp³-hybridized carbons (Fsp3) is 0.105. The monoisotopic (exact) mass is 351 g/mol. The van der Waals surface area contributed by atoms with Crippen molar-refractivity contribution in [2.24, 2.45) is 5.73 Å². The molecule has 3 rings (SSSR count). The normalized spacial score (nSPS) is 10.4. The lowest BCUT2D eigenvalue weighted by Crippen LogP contribution is -2.17. The minimum absolute atomic E-state index is 0.00370. The molecule has 0 atom stereocenters. The lowest BCUT2D eigenvalue weighted by molar-refractivity contribution is 0.0594. The Morgan fingerprint density at radius 2 is 1.85 bits per heavy atom. The van der Waals surface area contributed by atoms with Crippen molar-refractivity contribution >= 4 is 11.9 Å². The standard InChI is InChI=1S/C19H17N3O4/c1-25-16-9-4-3-8-14(16)12-6-5-7-13(10-12)22-11-15(19(24)26-2)21-18(22)17(20)23/h3-11H,1-2H3,(H2,20,23). The van der Waals surface area contributed by atoms with E-state index in [1.807, 2.05) is 42.5 Å². The minimum atomic E-state index is -0.747. The molecule has 0 fully saturated rings. The Kier molecular flexibility index (Phi) is 4.70. The second kappa shape index (κ2) is 7.10. The highest BCUT2D eigenvalue weighted by molar-refractivity contribution is 5.93. The number of amides is 1. The maximum absolute atomic E-state index is 11.7. The summed E-state index contributed by atoms with van der Waals surface area (Å²) in [4.78, 5) is 27.5. The van der Waals surface area contributed by atoms with Gasteiger partial charge in [0, 0.05) is 17.4 Å². The number of para-hydroxylation sites is 1. The van der Waals surface area contributed by atoms with Crippen LogP contribution < -0.4 is 10.5 Å². The summed E-state index contributed by atoms with van der Waals surface area (Å²) in [6, 6.07) is 15.0. The molecule has 0 saturated carbocycles. The molecule has 0 aliphatic carbocycles. The smallest absolute Gasteiger partial charge is 0.358 e. The number of rotatable bonds is 5. The number of imidazole rings is 1. The molecule has 3 aromatic rings. The SMILES string of the molecule is COC(=O)c1cn(-c2cccc(-c3ccccc3OC)c2)c(C(N)=O)n1. The van der Waals surface area contributed by atoms with Crippen LogP contribution in [0.15, 0.2) is 54.7 Å². The van der Waals surface area contributed by atoms with E-state index in [4.69, 9.17) is 10.5 Å². The molecule has 0 unspecified atom stereocenters. The van der Waals surface area contributed by atoms with Gasteiger partial charge in [0.25, 0.3) is 5.91 Å². The maximum atomic E-state index is 11.7. The first-order valence-electron chi connectivity index (χ1n) is 7.76. The molecule has 132 valence electrons. The topological polar surface area (TPSA) is 96.4 Å². The predicted octanol–water partition coefficient (Wildman–Crippen LogP) is 2.43. The summed E-state index contributed by atoms with van der Waals surface area (Å²) in [6.45, 7) is 0. The van der Waals surface area contributed by atoms with E-state index >= 15 is 0 Å². The molecule has 0 aliphatic heterocycles. The Morgan fingerprint density at radius 1 is 1.08 bits per heavy atom. The van der Waals surface area contributed by atoms with Crippen LogP contribution in [0, 0.1) is 0 Å². The predicted molar refractivity (Wildman–Crippen MR) is 95.4 cm³/mol. The number of aromatic nitrogens is 2. The van der Waals surface area contributed by atoms with Gasteiger partial charge in [-0.2, -0.15) is 0 Å². The summed E-state index contributed by atoms with van der Waals surface area (Å²) < 4.78 is 11.5. The first kappa shape index (κ1) is 17.2. The number of primary amides is 1. The third kappa shape index (κ3) is 3.14. The van der Waals surface area contributed by atoms with E-state index in [1.54, 1.807) is 13.2 Å². The van der Waals surface area contributed by atoms with E-state index in [1.165, 1.54) is 17.9 Å². The summed E-state index contributed by atoms with van der Waals surface area (Å²) in [5.74, 6) is -0.724. The molecule has 1 amide bonds. The van der Waals surface area contributed by atoms with Crippen LogP contribution >= 0.6 is 0 Å². The number of carbonyl (C=O) groups excluding carboxylic acids is 2. The number of hydrogen-bond acceptors (Lipinski definition) is 5. The van der Waals surface area contributed by atoms with Crippen molar-refractivity contribution < 1.29 is 19.1 Å². The number of nitrogens with two attached hydrogens (primary N) is 1. The van der Waals surface area contributed by atoms with Gasteiger partial charge in [-0.25, -0.2) is 9.78 Å². The Balaban J connectivity index is 2.13. The van der Waals surface area contributed by atoms with E-state index in [0.29, 0.717) is 5.69 Å². The summed E-state index contributed by atoms with van der Waals surface area (Å²) in [6.07, 6.45) is 1.42. The third-order valence-electron chi connectivity index (χ3n) is 3.86. The third-order valence-corrected chi connectivity index (χ3v) is 3.86. The summed E-state index contributed by atoms with van der Waals surface area (Å²) >= 11 is 0. The fourth-order valence-electron chi connectivity index (χ4n) is 2.66. The number of methoxy groups -OCH3 is 2. The largest absolute Gasteiger partial charge is 0.496 e. The molecular formula is C19H17N3O4. The molecule has 0 aliphatic rings. The van der Waals surface area contributed by atoms with Crippen LogP contribution in [-0.4, -0.2) is 35.6 Å². The van der Waals surface area contributed by atoms with Crippen molar-refractivity contribution in [2.45, 2.75) is 0 Å². The molecule has 2 N–H and O–H groups in total. The summed E-state index contributed by atoms with van der Waals surface area (Å²) in [5.41, 5.74) is 7.81. The molecule has 7 heteroatoms. The van der Waals surface area contributed by atoms with Crippen LogP contribution in [0.5, 0.6) is 5.75 Å². The van der Waals surface area contributed by atoms with Crippen molar-refractivity contribution in [3.8, 4) is 22.6 Å². The van der Waals surface area contributed by atoms with Crippen LogP contribution in [-0.2, 0) is 4.74 Å². The number of nitrogens with zero attached hydrogens (tertiary/aromatic N) is 2. The average Bonchev–Trinajstić information content (AvgIpc) is 3.13. The number of benzene rings is 2. The Labute approximate surface area is 150 Å². The second-order valence-electron chi connectivity index (χ2n) is 5.43. The van der Waals surface area contributed by atoms with Gasteiger partial charge >= 0.3 is 5.97 Å². The van der Waals surface area contributed by atoms with Crippen LogP contribution in [0.4, 0.5) is 0 Å². The zero-order chi connectivity index (χ0) is 18.7. The number of ether oxygens (including phenoxy) is 2.